The molecular formula is C24H18ClNO4S. The summed E-state index contributed by atoms with van der Waals surface area (Å²) in [6, 6.07) is 13.5. The van der Waals surface area contributed by atoms with E-state index in [1.165, 1.54) is 16.2 Å². The molecule has 0 aliphatic carbocycles. The highest BCUT2D eigenvalue weighted by molar-refractivity contribution is 7.10. The van der Waals surface area contributed by atoms with Crippen molar-refractivity contribution in [3.05, 3.63) is 86.1 Å². The van der Waals surface area contributed by atoms with Gasteiger partial charge in [-0.25, -0.2) is 0 Å². The molecule has 1 N–H and O–H groups in total. The summed E-state index contributed by atoms with van der Waals surface area (Å²) in [4.78, 5) is 28.6. The van der Waals surface area contributed by atoms with E-state index >= 15 is 0 Å². The van der Waals surface area contributed by atoms with E-state index in [2.05, 4.69) is 0 Å². The van der Waals surface area contributed by atoms with Crippen molar-refractivity contribution in [1.29, 1.82) is 0 Å². The number of hydrogen-bond acceptors (Lipinski definition) is 5. The summed E-state index contributed by atoms with van der Waals surface area (Å²) < 4.78 is 5.54. The molecule has 1 unspecified atom stereocenters. The van der Waals surface area contributed by atoms with Gasteiger partial charge in [0.25, 0.3) is 11.7 Å². The summed E-state index contributed by atoms with van der Waals surface area (Å²) in [6.07, 6.45) is 0.739. The van der Waals surface area contributed by atoms with Crippen LogP contribution in [0.2, 0.25) is 5.02 Å². The average molecular weight is 452 g/mol. The molecule has 5 rings (SSSR count). The Hall–Kier alpha value is -3.09. The maximum absolute atomic E-state index is 13.2. The SMILES string of the molecule is Cc1cc(Cl)ccc1N1C(=O)C(=O)/C(=C(\O)c2ccc3c(c2)CCO3)C1c1cccs1. The largest absolute Gasteiger partial charge is 0.507 e. The van der Waals surface area contributed by atoms with E-state index in [0.29, 0.717) is 22.9 Å². The zero-order chi connectivity index (χ0) is 21.7. The minimum absolute atomic E-state index is 0.0839. The highest BCUT2D eigenvalue weighted by Crippen LogP contribution is 2.45. The van der Waals surface area contributed by atoms with E-state index in [-0.39, 0.29) is 11.3 Å². The predicted octanol–water partition coefficient (Wildman–Crippen LogP) is 5.27. The van der Waals surface area contributed by atoms with Gasteiger partial charge in [-0.2, -0.15) is 0 Å². The molecule has 7 heteroatoms. The molecule has 1 amide bonds. The molecule has 3 aromatic rings. The number of benzene rings is 2. The Kier molecular flexibility index (Phi) is 4.84. The molecule has 1 saturated heterocycles. The average Bonchev–Trinajstić information content (AvgIpc) is 3.48. The summed E-state index contributed by atoms with van der Waals surface area (Å²) in [5.74, 6) is -0.777. The third kappa shape index (κ3) is 3.23. The number of carbonyl (C=O) groups is 2. The van der Waals surface area contributed by atoms with E-state index in [4.69, 9.17) is 16.3 Å². The lowest BCUT2D eigenvalue weighted by molar-refractivity contribution is -0.132. The molecule has 0 saturated carbocycles. The fourth-order valence-corrected chi connectivity index (χ4v) is 5.23. The lowest BCUT2D eigenvalue weighted by atomic mass is 9.98. The molecule has 31 heavy (non-hydrogen) atoms. The quantitative estimate of drug-likeness (QED) is 0.334. The zero-order valence-electron chi connectivity index (χ0n) is 16.6. The minimum atomic E-state index is -0.718. The van der Waals surface area contributed by atoms with Crippen molar-refractivity contribution in [3.8, 4) is 5.75 Å². The molecule has 2 aliphatic rings. The summed E-state index contributed by atoms with van der Waals surface area (Å²) in [5, 5.41) is 13.6. The number of aliphatic hydroxyl groups excluding tert-OH is 1. The number of nitrogens with zero attached hydrogens (tertiary/aromatic N) is 1. The number of carbonyl (C=O) groups excluding carboxylic acids is 2. The van der Waals surface area contributed by atoms with Crippen LogP contribution in [0.25, 0.3) is 5.76 Å². The van der Waals surface area contributed by atoms with Crippen LogP contribution < -0.4 is 9.64 Å². The van der Waals surface area contributed by atoms with E-state index in [1.807, 2.05) is 30.5 Å². The van der Waals surface area contributed by atoms with E-state index in [9.17, 15) is 14.7 Å². The van der Waals surface area contributed by atoms with Gasteiger partial charge in [-0.3, -0.25) is 14.5 Å². The van der Waals surface area contributed by atoms with Gasteiger partial charge in [-0.05, 0) is 65.9 Å². The van der Waals surface area contributed by atoms with Crippen LogP contribution in [0, 0.1) is 6.92 Å². The Labute approximate surface area is 188 Å². The van der Waals surface area contributed by atoms with Crippen molar-refractivity contribution >= 4 is 46.1 Å². The maximum Gasteiger partial charge on any atom is 0.300 e. The molecule has 0 bridgehead atoms. The molecule has 2 aromatic carbocycles. The van der Waals surface area contributed by atoms with Crippen LogP contribution in [0.3, 0.4) is 0 Å². The number of fused-ring (bicyclic) bond motifs is 1. The monoisotopic (exact) mass is 451 g/mol. The van der Waals surface area contributed by atoms with Crippen LogP contribution in [0.4, 0.5) is 5.69 Å². The molecule has 3 heterocycles. The lowest BCUT2D eigenvalue weighted by Crippen LogP contribution is -2.29. The van der Waals surface area contributed by atoms with Gasteiger partial charge in [0.2, 0.25) is 0 Å². The highest BCUT2D eigenvalue weighted by atomic mass is 35.5. The predicted molar refractivity (Wildman–Crippen MR) is 121 cm³/mol. The number of amides is 1. The Bertz CT molecular complexity index is 1250. The molecule has 5 nitrogen and oxygen atoms in total. The number of anilines is 1. The van der Waals surface area contributed by atoms with E-state index in [0.717, 1.165) is 28.2 Å². The van der Waals surface area contributed by atoms with Crippen molar-refractivity contribution in [1.82, 2.24) is 0 Å². The number of halogens is 1. The second-order valence-electron chi connectivity index (χ2n) is 7.54. The standard InChI is InChI=1S/C24H18ClNO4S/c1-13-11-16(25)5-6-17(13)26-21(19-3-2-10-31-19)20(23(28)24(26)29)22(27)15-4-7-18-14(12-15)8-9-30-18/h2-7,10-12,21,27H,8-9H2,1H3/b22-20-. The summed E-state index contributed by atoms with van der Waals surface area (Å²) >= 11 is 7.53. The fourth-order valence-electron chi connectivity index (χ4n) is 4.18. The number of thiophene rings is 1. The van der Waals surface area contributed by atoms with Gasteiger partial charge in [-0.1, -0.05) is 17.7 Å². The van der Waals surface area contributed by atoms with Gasteiger partial charge in [0.15, 0.2) is 0 Å². The number of rotatable bonds is 3. The van der Waals surface area contributed by atoms with Crippen LogP contribution in [0.1, 0.15) is 27.6 Å². The van der Waals surface area contributed by atoms with Gasteiger partial charge < -0.3 is 9.84 Å². The molecule has 1 aromatic heterocycles. The summed E-state index contributed by atoms with van der Waals surface area (Å²) in [5.41, 5.74) is 2.91. The van der Waals surface area contributed by atoms with Crippen molar-refractivity contribution in [2.75, 3.05) is 11.5 Å². The van der Waals surface area contributed by atoms with Gasteiger partial charge in [-0.15, -0.1) is 11.3 Å². The first kappa shape index (κ1) is 19.8. The number of ketones is 1. The van der Waals surface area contributed by atoms with Crippen LogP contribution in [0.5, 0.6) is 5.75 Å². The molecular weight excluding hydrogens is 434 g/mol. The molecule has 2 aliphatic heterocycles. The second-order valence-corrected chi connectivity index (χ2v) is 8.95. The number of ether oxygens (including phenoxy) is 1. The van der Waals surface area contributed by atoms with Gasteiger partial charge in [0.1, 0.15) is 17.6 Å². The van der Waals surface area contributed by atoms with Crippen LogP contribution >= 0.6 is 22.9 Å². The Morgan fingerprint density at radius 1 is 1.19 bits per heavy atom. The van der Waals surface area contributed by atoms with Gasteiger partial charge >= 0.3 is 0 Å². The fraction of sp³-hybridized carbons (Fsp3) is 0.167. The van der Waals surface area contributed by atoms with Crippen molar-refractivity contribution in [3.63, 3.8) is 0 Å². The molecule has 1 fully saturated rings. The van der Waals surface area contributed by atoms with Gasteiger partial charge in [0, 0.05) is 27.6 Å². The van der Waals surface area contributed by atoms with Crippen molar-refractivity contribution in [2.45, 2.75) is 19.4 Å². The minimum Gasteiger partial charge on any atom is -0.507 e. The third-order valence-electron chi connectivity index (χ3n) is 5.64. The number of hydrogen-bond donors (Lipinski definition) is 1. The zero-order valence-corrected chi connectivity index (χ0v) is 18.2. The van der Waals surface area contributed by atoms with Crippen LogP contribution in [-0.2, 0) is 16.0 Å². The van der Waals surface area contributed by atoms with Crippen LogP contribution in [-0.4, -0.2) is 23.4 Å². The topological polar surface area (TPSA) is 66.8 Å². The molecule has 1 atom stereocenters. The first-order chi connectivity index (χ1) is 15.0. The molecule has 0 radical (unpaired) electrons. The lowest BCUT2D eigenvalue weighted by Gasteiger charge is -2.25. The maximum atomic E-state index is 13.2. The summed E-state index contributed by atoms with van der Waals surface area (Å²) in [6.45, 7) is 2.43. The smallest absolute Gasteiger partial charge is 0.300 e. The normalized spacial score (nSPS) is 19.5. The molecule has 0 spiro atoms. The summed E-state index contributed by atoms with van der Waals surface area (Å²) in [7, 11) is 0. The highest BCUT2D eigenvalue weighted by Gasteiger charge is 2.47. The number of Topliss-reactive ketones (excluding diaryl/α,β-unsaturated/α-hetero) is 1. The Morgan fingerprint density at radius 2 is 2.03 bits per heavy atom. The Balaban J connectivity index is 1.70. The first-order valence-corrected chi connectivity index (χ1v) is 11.1. The second kappa shape index (κ2) is 7.55. The van der Waals surface area contributed by atoms with Crippen molar-refractivity contribution in [2.24, 2.45) is 0 Å². The number of aryl methyl sites for hydroxylation is 1. The first-order valence-electron chi connectivity index (χ1n) is 9.82. The molecule has 156 valence electrons. The van der Waals surface area contributed by atoms with Crippen LogP contribution in [0.15, 0.2) is 59.5 Å². The van der Waals surface area contributed by atoms with E-state index in [1.54, 1.807) is 30.3 Å². The van der Waals surface area contributed by atoms with Crippen molar-refractivity contribution < 1.29 is 19.4 Å². The van der Waals surface area contributed by atoms with Gasteiger partial charge in [0.05, 0.1) is 12.2 Å². The number of aliphatic hydroxyl groups is 1. The Morgan fingerprint density at radius 3 is 2.77 bits per heavy atom. The third-order valence-corrected chi connectivity index (χ3v) is 6.80. The van der Waals surface area contributed by atoms with E-state index < -0.39 is 17.7 Å².